The molecule has 3 amide bonds. The molecule has 0 bridgehead atoms. The highest BCUT2D eigenvalue weighted by molar-refractivity contribution is 7.91. The van der Waals surface area contributed by atoms with E-state index in [0.29, 0.717) is 0 Å². The van der Waals surface area contributed by atoms with Crippen LogP contribution in [0.1, 0.15) is 39.0 Å². The number of carbonyl (C=O) groups is 3. The fourth-order valence-electron chi connectivity index (χ4n) is 2.79. The lowest BCUT2D eigenvalue weighted by Gasteiger charge is -2.15. The molecule has 10 heteroatoms. The summed E-state index contributed by atoms with van der Waals surface area (Å²) in [6.45, 7) is 1.28. The van der Waals surface area contributed by atoms with Gasteiger partial charge >= 0.3 is 12.0 Å². The van der Waals surface area contributed by atoms with E-state index in [4.69, 9.17) is 4.74 Å². The van der Waals surface area contributed by atoms with Crippen LogP contribution < -0.4 is 10.6 Å². The summed E-state index contributed by atoms with van der Waals surface area (Å²) < 4.78 is 42.0. The second-order valence-corrected chi connectivity index (χ2v) is 8.71. The Morgan fingerprint density at radius 3 is 2.39 bits per heavy atom. The fraction of sp³-hybridized carbons (Fsp3) is 0.500. The number of ether oxygens (including phenoxy) is 1. The smallest absolute Gasteiger partial charge is 0.321 e. The Bertz CT molecular complexity index is 819. The zero-order valence-corrected chi connectivity index (χ0v) is 16.3. The predicted octanol–water partition coefficient (Wildman–Crippen LogP) is 1.69. The molecule has 0 aromatic heterocycles. The first kappa shape index (κ1) is 21.8. The minimum Gasteiger partial charge on any atom is -0.453 e. The number of imide groups is 1. The highest BCUT2D eigenvalue weighted by atomic mass is 32.2. The van der Waals surface area contributed by atoms with Crippen LogP contribution in [0.2, 0.25) is 0 Å². The molecule has 2 rings (SSSR count). The third-order valence-electron chi connectivity index (χ3n) is 4.35. The van der Waals surface area contributed by atoms with Gasteiger partial charge in [0.15, 0.2) is 15.9 Å². The highest BCUT2D eigenvalue weighted by Gasteiger charge is 2.24. The summed E-state index contributed by atoms with van der Waals surface area (Å²) in [5.41, 5.74) is 0. The maximum Gasteiger partial charge on any atom is 0.321 e. The lowest BCUT2D eigenvalue weighted by atomic mass is 10.2. The molecule has 1 fully saturated rings. The van der Waals surface area contributed by atoms with E-state index in [0.717, 1.165) is 49.9 Å². The molecule has 0 spiro atoms. The molecular weight excluding hydrogens is 391 g/mol. The van der Waals surface area contributed by atoms with Crippen LogP contribution in [0.15, 0.2) is 29.2 Å². The minimum absolute atomic E-state index is 0.0299. The van der Waals surface area contributed by atoms with Crippen LogP contribution in [0.3, 0.4) is 0 Å². The summed E-state index contributed by atoms with van der Waals surface area (Å²) in [5, 5.41) is 4.76. The van der Waals surface area contributed by atoms with Gasteiger partial charge in [0.1, 0.15) is 5.82 Å². The Labute approximate surface area is 162 Å². The number of nitrogens with one attached hydrogen (secondary N) is 2. The van der Waals surface area contributed by atoms with Crippen LogP contribution in [0.25, 0.3) is 0 Å². The first-order valence-electron chi connectivity index (χ1n) is 8.96. The lowest BCUT2D eigenvalue weighted by molar-refractivity contribution is -0.154. The molecule has 0 saturated heterocycles. The van der Waals surface area contributed by atoms with Gasteiger partial charge in [0, 0.05) is 6.04 Å². The zero-order valence-electron chi connectivity index (χ0n) is 15.4. The van der Waals surface area contributed by atoms with Crippen molar-refractivity contribution in [2.24, 2.45) is 0 Å². The van der Waals surface area contributed by atoms with Gasteiger partial charge in [-0.25, -0.2) is 17.6 Å². The molecule has 0 aliphatic heterocycles. The maximum absolute atomic E-state index is 12.9. The van der Waals surface area contributed by atoms with Crippen molar-refractivity contribution in [2.75, 3.05) is 5.75 Å². The van der Waals surface area contributed by atoms with E-state index in [2.05, 4.69) is 10.6 Å². The Kier molecular flexibility index (Phi) is 7.50. The molecule has 2 N–H and O–H groups in total. The number of benzene rings is 1. The Morgan fingerprint density at radius 1 is 1.18 bits per heavy atom. The van der Waals surface area contributed by atoms with Crippen LogP contribution >= 0.6 is 0 Å². The van der Waals surface area contributed by atoms with E-state index in [1.807, 2.05) is 0 Å². The number of hydrogen-bond acceptors (Lipinski definition) is 6. The second-order valence-electron chi connectivity index (χ2n) is 6.60. The molecule has 0 unspecified atom stereocenters. The van der Waals surface area contributed by atoms with Gasteiger partial charge in [-0.05, 0) is 44.0 Å². The van der Waals surface area contributed by atoms with Crippen molar-refractivity contribution in [2.45, 2.75) is 56.1 Å². The molecule has 0 heterocycles. The third-order valence-corrected chi connectivity index (χ3v) is 6.08. The number of carbonyl (C=O) groups excluding carboxylic acids is 3. The van der Waals surface area contributed by atoms with Crippen LogP contribution in [-0.2, 0) is 24.2 Å². The van der Waals surface area contributed by atoms with Gasteiger partial charge in [0.05, 0.1) is 17.1 Å². The molecular formula is C18H23FN2O6S. The van der Waals surface area contributed by atoms with Gasteiger partial charge in [0.2, 0.25) is 0 Å². The molecule has 1 aromatic carbocycles. The summed E-state index contributed by atoms with van der Waals surface area (Å²) in [5.74, 6) is -2.82. The molecule has 8 nitrogen and oxygen atoms in total. The SMILES string of the molecule is C[C@H](OC(=O)CCS(=O)(=O)c1ccc(F)cc1)C(=O)NC(=O)NC1CCCC1. The number of rotatable bonds is 7. The van der Waals surface area contributed by atoms with E-state index in [1.165, 1.54) is 6.92 Å². The van der Waals surface area contributed by atoms with Gasteiger partial charge < -0.3 is 10.1 Å². The summed E-state index contributed by atoms with van der Waals surface area (Å²) in [7, 11) is -3.79. The summed E-state index contributed by atoms with van der Waals surface area (Å²) in [6.07, 6.45) is 2.02. The van der Waals surface area contributed by atoms with Crippen LogP contribution in [0.5, 0.6) is 0 Å². The summed E-state index contributed by atoms with van der Waals surface area (Å²) in [4.78, 5) is 35.4. The van der Waals surface area contributed by atoms with E-state index in [9.17, 15) is 27.2 Å². The van der Waals surface area contributed by atoms with Crippen molar-refractivity contribution < 1.29 is 31.9 Å². The number of esters is 1. The van der Waals surface area contributed by atoms with Crippen molar-refractivity contribution >= 4 is 27.7 Å². The van der Waals surface area contributed by atoms with Gasteiger partial charge in [0.25, 0.3) is 5.91 Å². The zero-order chi connectivity index (χ0) is 20.7. The van der Waals surface area contributed by atoms with Gasteiger partial charge in [-0.3, -0.25) is 14.9 Å². The number of amides is 3. The third kappa shape index (κ3) is 6.59. The minimum atomic E-state index is -3.79. The van der Waals surface area contributed by atoms with E-state index < -0.39 is 51.8 Å². The average molecular weight is 414 g/mol. The number of sulfone groups is 1. The first-order chi connectivity index (χ1) is 13.2. The standard InChI is InChI=1S/C18H23FN2O6S/c1-12(17(23)21-18(24)20-14-4-2-3-5-14)27-16(22)10-11-28(25,26)15-8-6-13(19)7-9-15/h6-9,12,14H,2-5,10-11H2,1H3,(H2,20,21,23,24)/t12-/m0/s1. The Morgan fingerprint density at radius 2 is 1.79 bits per heavy atom. The summed E-state index contributed by atoms with van der Waals surface area (Å²) >= 11 is 0. The van der Waals surface area contributed by atoms with Crippen molar-refractivity contribution in [3.05, 3.63) is 30.1 Å². The number of hydrogen-bond donors (Lipinski definition) is 2. The van der Waals surface area contributed by atoms with Gasteiger partial charge in [-0.1, -0.05) is 12.8 Å². The normalized spacial score (nSPS) is 15.6. The van der Waals surface area contributed by atoms with E-state index in [1.54, 1.807) is 0 Å². The lowest BCUT2D eigenvalue weighted by Crippen LogP contribution is -2.47. The van der Waals surface area contributed by atoms with Crippen LogP contribution in [0, 0.1) is 5.82 Å². The summed E-state index contributed by atoms with van der Waals surface area (Å²) in [6, 6.07) is 3.60. The van der Waals surface area contributed by atoms with Crippen molar-refractivity contribution in [3.63, 3.8) is 0 Å². The average Bonchev–Trinajstić information content (AvgIpc) is 3.13. The fourth-order valence-corrected chi connectivity index (χ4v) is 4.01. The second kappa shape index (κ2) is 9.63. The Hall–Kier alpha value is -2.49. The maximum atomic E-state index is 12.9. The molecule has 1 aromatic rings. The quantitative estimate of drug-likeness (QED) is 0.518. The van der Waals surface area contributed by atoms with Crippen molar-refractivity contribution in [1.29, 1.82) is 0 Å². The van der Waals surface area contributed by atoms with Crippen molar-refractivity contribution in [3.8, 4) is 0 Å². The first-order valence-corrected chi connectivity index (χ1v) is 10.6. The molecule has 154 valence electrons. The molecule has 1 aliphatic rings. The Balaban J connectivity index is 1.77. The predicted molar refractivity (Wildman–Crippen MR) is 97.6 cm³/mol. The van der Waals surface area contributed by atoms with Crippen molar-refractivity contribution in [1.82, 2.24) is 10.6 Å². The molecule has 1 aliphatic carbocycles. The highest BCUT2D eigenvalue weighted by Crippen LogP contribution is 2.17. The van der Waals surface area contributed by atoms with Gasteiger partial charge in [-0.15, -0.1) is 0 Å². The molecule has 1 saturated carbocycles. The molecule has 28 heavy (non-hydrogen) atoms. The van der Waals surface area contributed by atoms with Gasteiger partial charge in [-0.2, -0.15) is 0 Å². The molecule has 1 atom stereocenters. The number of halogens is 1. The largest absolute Gasteiger partial charge is 0.453 e. The monoisotopic (exact) mass is 414 g/mol. The topological polar surface area (TPSA) is 119 Å². The molecule has 0 radical (unpaired) electrons. The number of urea groups is 1. The van der Waals surface area contributed by atoms with Crippen LogP contribution in [0.4, 0.5) is 9.18 Å². The van der Waals surface area contributed by atoms with E-state index in [-0.39, 0.29) is 10.9 Å². The van der Waals surface area contributed by atoms with Crippen LogP contribution in [-0.4, -0.2) is 44.2 Å². The van der Waals surface area contributed by atoms with E-state index >= 15 is 0 Å².